The maximum Gasteiger partial charge on any atom is 0.407 e. The maximum atomic E-state index is 12.1. The summed E-state index contributed by atoms with van der Waals surface area (Å²) in [5.41, 5.74) is 5.61. The number of hydrogen-bond acceptors (Lipinski definition) is 5. The fourth-order valence-corrected chi connectivity index (χ4v) is 3.98. The quantitative estimate of drug-likeness (QED) is 0.314. The summed E-state index contributed by atoms with van der Waals surface area (Å²) in [7, 11) is 0. The number of carbonyl (C=O) groups excluding carboxylic acids is 2. The number of allylic oxidation sites excluding steroid dienone is 1. The molecular weight excluding hydrogens is 448 g/mol. The number of carboxylic acid groups (broad SMARTS) is 1. The zero-order chi connectivity index (χ0) is 25.2. The van der Waals surface area contributed by atoms with E-state index in [9.17, 15) is 19.5 Å². The number of ether oxygens (including phenoxy) is 2. The first-order chi connectivity index (χ1) is 16.9. The molecule has 0 heterocycles. The Morgan fingerprint density at radius 3 is 2.23 bits per heavy atom. The molecule has 0 fully saturated rings. The van der Waals surface area contributed by atoms with E-state index in [1.165, 1.54) is 11.1 Å². The zero-order valence-electron chi connectivity index (χ0n) is 20.1. The zero-order valence-corrected chi connectivity index (χ0v) is 20.1. The third kappa shape index (κ3) is 7.42. The lowest BCUT2D eigenvalue weighted by atomic mass is 9.98. The Labute approximate surface area is 205 Å². The van der Waals surface area contributed by atoms with Gasteiger partial charge in [-0.05, 0) is 42.5 Å². The molecule has 35 heavy (non-hydrogen) atoms. The molecule has 0 aromatic heterocycles. The number of fused-ring (bicyclic) bond motifs is 3. The van der Waals surface area contributed by atoms with Crippen LogP contribution < -0.4 is 10.6 Å². The minimum Gasteiger partial charge on any atom is -0.480 e. The second-order valence-electron chi connectivity index (χ2n) is 8.59. The van der Waals surface area contributed by atoms with E-state index in [-0.39, 0.29) is 45.1 Å². The molecule has 8 heteroatoms. The van der Waals surface area contributed by atoms with E-state index >= 15 is 0 Å². The molecule has 3 N–H and O–H groups in total. The van der Waals surface area contributed by atoms with Crippen LogP contribution in [0.5, 0.6) is 0 Å². The molecule has 0 saturated carbocycles. The molecule has 2 aromatic rings. The van der Waals surface area contributed by atoms with Gasteiger partial charge < -0.3 is 25.2 Å². The summed E-state index contributed by atoms with van der Waals surface area (Å²) < 4.78 is 10.8. The average molecular weight is 481 g/mol. The van der Waals surface area contributed by atoms with Crippen LogP contribution in [0.1, 0.15) is 43.7 Å². The van der Waals surface area contributed by atoms with E-state index in [4.69, 9.17) is 9.47 Å². The summed E-state index contributed by atoms with van der Waals surface area (Å²) in [4.78, 5) is 35.4. The summed E-state index contributed by atoms with van der Waals surface area (Å²) in [6.45, 7) is 4.52. The molecule has 186 valence electrons. The Bertz CT molecular complexity index is 1030. The summed E-state index contributed by atoms with van der Waals surface area (Å²) in [5.74, 6) is -1.48. The van der Waals surface area contributed by atoms with Gasteiger partial charge in [0.1, 0.15) is 12.6 Å². The van der Waals surface area contributed by atoms with E-state index in [0.717, 1.165) is 16.7 Å². The van der Waals surface area contributed by atoms with Crippen LogP contribution in [0.4, 0.5) is 4.79 Å². The van der Waals surface area contributed by atoms with Crippen LogP contribution in [0.15, 0.2) is 60.2 Å². The molecule has 0 bridgehead atoms. The standard InChI is InChI=1S/C27H32N2O6/c1-18(2)11-12-24(26(31)32)29-25(30)13-15-34-16-14-28-27(33)35-17-23-21-9-5-3-7-19(21)20-8-4-6-10-22(20)23/h3-11,23-24H,12-17H2,1-2H3,(H,28,33)(H,29,30)(H,31,32). The minimum absolute atomic E-state index is 0.00530. The number of hydrogen-bond donors (Lipinski definition) is 3. The molecular formula is C27H32N2O6. The van der Waals surface area contributed by atoms with Gasteiger partial charge in [0, 0.05) is 18.9 Å². The highest BCUT2D eigenvalue weighted by Gasteiger charge is 2.28. The number of rotatable bonds is 12. The molecule has 1 aliphatic carbocycles. The first kappa shape index (κ1) is 26.0. The number of amides is 2. The summed E-state index contributed by atoms with van der Waals surface area (Å²) in [5, 5.41) is 14.3. The first-order valence-electron chi connectivity index (χ1n) is 11.7. The molecule has 1 aliphatic rings. The lowest BCUT2D eigenvalue weighted by molar-refractivity contribution is -0.141. The number of carbonyl (C=O) groups is 3. The average Bonchev–Trinajstić information content (AvgIpc) is 3.16. The number of nitrogens with one attached hydrogen (secondary N) is 2. The molecule has 2 aromatic carbocycles. The number of benzene rings is 2. The molecule has 0 saturated heterocycles. The van der Waals surface area contributed by atoms with E-state index in [0.29, 0.717) is 0 Å². The van der Waals surface area contributed by atoms with Crippen molar-refractivity contribution in [3.05, 3.63) is 71.3 Å². The van der Waals surface area contributed by atoms with Gasteiger partial charge in [-0.1, -0.05) is 60.2 Å². The largest absolute Gasteiger partial charge is 0.480 e. The predicted octanol–water partition coefficient (Wildman–Crippen LogP) is 3.86. The highest BCUT2D eigenvalue weighted by Crippen LogP contribution is 2.44. The third-order valence-electron chi connectivity index (χ3n) is 5.73. The van der Waals surface area contributed by atoms with Crippen molar-refractivity contribution in [3.8, 4) is 11.1 Å². The summed E-state index contributed by atoms with van der Waals surface area (Å²) in [6.07, 6.45) is 1.50. The summed E-state index contributed by atoms with van der Waals surface area (Å²) >= 11 is 0. The Morgan fingerprint density at radius 2 is 1.63 bits per heavy atom. The van der Waals surface area contributed by atoms with Gasteiger partial charge in [0.2, 0.25) is 5.91 Å². The second-order valence-corrected chi connectivity index (χ2v) is 8.59. The number of alkyl carbamates (subject to hydrolysis) is 1. The molecule has 0 spiro atoms. The highest BCUT2D eigenvalue weighted by molar-refractivity contribution is 5.83. The third-order valence-corrected chi connectivity index (χ3v) is 5.73. The van der Waals surface area contributed by atoms with Gasteiger partial charge >= 0.3 is 12.1 Å². The van der Waals surface area contributed by atoms with Gasteiger partial charge in [0.25, 0.3) is 0 Å². The molecule has 0 radical (unpaired) electrons. The number of carboxylic acids is 1. The second kappa shape index (κ2) is 12.7. The van der Waals surface area contributed by atoms with Crippen LogP contribution in [0, 0.1) is 0 Å². The number of aliphatic carboxylic acids is 1. The van der Waals surface area contributed by atoms with E-state index in [1.54, 1.807) is 6.08 Å². The predicted molar refractivity (Wildman–Crippen MR) is 132 cm³/mol. The highest BCUT2D eigenvalue weighted by atomic mass is 16.5. The summed E-state index contributed by atoms with van der Waals surface area (Å²) in [6, 6.07) is 15.3. The van der Waals surface area contributed by atoms with E-state index in [2.05, 4.69) is 34.9 Å². The van der Waals surface area contributed by atoms with Crippen molar-refractivity contribution in [2.75, 3.05) is 26.4 Å². The Balaban J connectivity index is 1.33. The van der Waals surface area contributed by atoms with Gasteiger partial charge in [-0.25, -0.2) is 9.59 Å². The monoisotopic (exact) mass is 480 g/mol. The maximum absolute atomic E-state index is 12.1. The van der Waals surface area contributed by atoms with Crippen molar-refractivity contribution in [3.63, 3.8) is 0 Å². The van der Waals surface area contributed by atoms with Gasteiger partial charge in [-0.3, -0.25) is 4.79 Å². The molecule has 1 atom stereocenters. The Morgan fingerprint density at radius 1 is 1.00 bits per heavy atom. The van der Waals surface area contributed by atoms with Crippen molar-refractivity contribution < 1.29 is 29.0 Å². The fourth-order valence-electron chi connectivity index (χ4n) is 3.98. The van der Waals surface area contributed by atoms with Gasteiger partial charge in [-0.2, -0.15) is 0 Å². The van der Waals surface area contributed by atoms with Crippen molar-refractivity contribution >= 4 is 18.0 Å². The Kier molecular flexibility index (Phi) is 9.43. The van der Waals surface area contributed by atoms with Gasteiger partial charge in [0.15, 0.2) is 0 Å². The minimum atomic E-state index is -1.08. The molecule has 1 unspecified atom stereocenters. The van der Waals surface area contributed by atoms with Crippen molar-refractivity contribution in [1.29, 1.82) is 0 Å². The van der Waals surface area contributed by atoms with Crippen molar-refractivity contribution in [2.45, 2.75) is 38.6 Å². The van der Waals surface area contributed by atoms with Crippen LogP contribution in [0.2, 0.25) is 0 Å². The van der Waals surface area contributed by atoms with Crippen molar-refractivity contribution in [1.82, 2.24) is 10.6 Å². The van der Waals surface area contributed by atoms with Gasteiger partial charge in [0.05, 0.1) is 13.2 Å². The molecule has 3 rings (SSSR count). The van der Waals surface area contributed by atoms with Crippen LogP contribution in [-0.4, -0.2) is 55.5 Å². The van der Waals surface area contributed by atoms with E-state index in [1.807, 2.05) is 38.1 Å². The van der Waals surface area contributed by atoms with Gasteiger partial charge in [-0.15, -0.1) is 0 Å². The topological polar surface area (TPSA) is 114 Å². The van der Waals surface area contributed by atoms with Crippen LogP contribution in [0.25, 0.3) is 11.1 Å². The smallest absolute Gasteiger partial charge is 0.407 e. The van der Waals surface area contributed by atoms with E-state index < -0.39 is 24.0 Å². The van der Waals surface area contributed by atoms with Crippen LogP contribution in [-0.2, 0) is 19.1 Å². The van der Waals surface area contributed by atoms with Crippen molar-refractivity contribution in [2.24, 2.45) is 0 Å². The Hall–Kier alpha value is -3.65. The van der Waals surface area contributed by atoms with Crippen LogP contribution in [0.3, 0.4) is 0 Å². The lowest BCUT2D eigenvalue weighted by Crippen LogP contribution is -2.40. The molecule has 0 aliphatic heterocycles. The normalized spacial score (nSPS) is 12.7. The first-order valence-corrected chi connectivity index (χ1v) is 11.7. The lowest BCUT2D eigenvalue weighted by Gasteiger charge is -2.15. The SMILES string of the molecule is CC(C)=CCC(NC(=O)CCOCCNC(=O)OCC1c2ccccc2-c2ccccc21)C(=O)O. The molecule has 8 nitrogen and oxygen atoms in total. The van der Waals surface area contributed by atoms with Crippen LogP contribution >= 0.6 is 0 Å². The molecule has 2 amide bonds. The fraction of sp³-hybridized carbons (Fsp3) is 0.370.